The van der Waals surface area contributed by atoms with Gasteiger partial charge < -0.3 is 0 Å². The Kier molecular flexibility index (Phi) is 7.85. The van der Waals surface area contributed by atoms with Crippen LogP contribution in [0.1, 0.15) is 22.3 Å². The molecule has 11 aromatic rings. The van der Waals surface area contributed by atoms with Crippen molar-refractivity contribution in [1.82, 2.24) is 9.97 Å². The summed E-state index contributed by atoms with van der Waals surface area (Å²) >= 11 is 0. The maximum absolute atomic E-state index is 5.13. The maximum Gasteiger partial charge on any atom is 0.160 e. The summed E-state index contributed by atoms with van der Waals surface area (Å²) in [6.07, 6.45) is 0. The Labute approximate surface area is 366 Å². The fraction of sp³-hybridized carbons (Fsp3) is 0.0164. The number of hydrogen-bond donors (Lipinski definition) is 0. The molecule has 2 nitrogen and oxygen atoms in total. The molecule has 0 aliphatic heterocycles. The first-order valence-electron chi connectivity index (χ1n) is 21.7. The summed E-state index contributed by atoms with van der Waals surface area (Å²) < 4.78 is 0. The van der Waals surface area contributed by atoms with Gasteiger partial charge in [-0.25, -0.2) is 9.97 Å². The molecule has 1 heterocycles. The van der Waals surface area contributed by atoms with E-state index in [1.807, 2.05) is 24.3 Å². The van der Waals surface area contributed by atoms with Crippen molar-refractivity contribution in [3.05, 3.63) is 253 Å². The molecule has 63 heavy (non-hydrogen) atoms. The summed E-state index contributed by atoms with van der Waals surface area (Å²) in [6.45, 7) is 0. The molecule has 1 aromatic heterocycles. The van der Waals surface area contributed by atoms with Crippen LogP contribution in [0.5, 0.6) is 0 Å². The van der Waals surface area contributed by atoms with E-state index in [1.165, 1.54) is 82.7 Å². The van der Waals surface area contributed by atoms with Crippen LogP contribution in [-0.4, -0.2) is 9.97 Å². The average molecular weight is 799 g/mol. The normalized spacial score (nSPS) is 12.9. The zero-order chi connectivity index (χ0) is 41.5. The molecule has 1 spiro atoms. The van der Waals surface area contributed by atoms with Gasteiger partial charge in [0.25, 0.3) is 0 Å². The monoisotopic (exact) mass is 798 g/mol. The third-order valence-electron chi connectivity index (χ3n) is 13.5. The second-order valence-electron chi connectivity index (χ2n) is 16.9. The lowest BCUT2D eigenvalue weighted by atomic mass is 9.69. The Morgan fingerprint density at radius 2 is 0.778 bits per heavy atom. The Morgan fingerprint density at radius 1 is 0.270 bits per heavy atom. The molecule has 0 unspecified atom stereocenters. The van der Waals surface area contributed by atoms with Gasteiger partial charge >= 0.3 is 0 Å². The molecule has 13 rings (SSSR count). The second kappa shape index (κ2) is 13.9. The summed E-state index contributed by atoms with van der Waals surface area (Å²) in [7, 11) is 0. The average Bonchev–Trinajstić information content (AvgIpc) is 3.83. The van der Waals surface area contributed by atoms with E-state index in [1.54, 1.807) is 0 Å². The van der Waals surface area contributed by atoms with Crippen molar-refractivity contribution in [2.24, 2.45) is 0 Å². The minimum atomic E-state index is -0.427. The number of rotatable bonds is 5. The summed E-state index contributed by atoms with van der Waals surface area (Å²) in [4.78, 5) is 10.2. The van der Waals surface area contributed by atoms with Gasteiger partial charge in [0.2, 0.25) is 0 Å². The minimum Gasteiger partial charge on any atom is -0.228 e. The van der Waals surface area contributed by atoms with Gasteiger partial charge in [-0.2, -0.15) is 0 Å². The number of benzene rings is 10. The molecule has 2 heteroatoms. The molecule has 10 aromatic carbocycles. The number of fused-ring (bicyclic) bond motifs is 13. The van der Waals surface area contributed by atoms with Crippen molar-refractivity contribution in [2.45, 2.75) is 5.41 Å². The molecular weight excluding hydrogens is 761 g/mol. The van der Waals surface area contributed by atoms with Crippen LogP contribution in [0.15, 0.2) is 231 Å². The van der Waals surface area contributed by atoms with Crippen LogP contribution in [0, 0.1) is 0 Å². The smallest absolute Gasteiger partial charge is 0.160 e. The highest BCUT2D eigenvalue weighted by Gasteiger charge is 2.52. The van der Waals surface area contributed by atoms with Crippen molar-refractivity contribution in [3.63, 3.8) is 0 Å². The number of hydrogen-bond acceptors (Lipinski definition) is 2. The molecular formula is C61H38N2. The van der Waals surface area contributed by atoms with Gasteiger partial charge in [-0.15, -0.1) is 0 Å². The van der Waals surface area contributed by atoms with Gasteiger partial charge in [0.15, 0.2) is 5.82 Å². The first-order chi connectivity index (χ1) is 31.2. The molecule has 2 aliphatic rings. The molecule has 292 valence electrons. The zero-order valence-corrected chi connectivity index (χ0v) is 34.3. The van der Waals surface area contributed by atoms with Gasteiger partial charge in [0, 0.05) is 16.7 Å². The molecule has 0 saturated heterocycles. The predicted molar refractivity (Wildman–Crippen MR) is 261 cm³/mol. The van der Waals surface area contributed by atoms with Gasteiger partial charge in [-0.1, -0.05) is 206 Å². The highest BCUT2D eigenvalue weighted by atomic mass is 14.9. The largest absolute Gasteiger partial charge is 0.228 e. The lowest BCUT2D eigenvalue weighted by molar-refractivity contribution is 0.802. The van der Waals surface area contributed by atoms with E-state index in [0.717, 1.165) is 33.6 Å². The summed E-state index contributed by atoms with van der Waals surface area (Å²) in [6, 6.07) is 84.0. The molecule has 0 radical (unpaired) electrons. The molecule has 0 atom stereocenters. The van der Waals surface area contributed by atoms with E-state index in [2.05, 4.69) is 206 Å². The standard InChI is InChI=1S/C61H38N2/c1-3-13-39(14-4-1)40-23-27-43(28-24-40)57-38-58(63-60(62-57)45-16-5-2-6-17-45)44-29-25-41(26-30-44)46-31-32-47-36-53-52-34-33-42-15-7-8-18-49(42)59(52)61(56(53)37-48(47)35-46)54-21-11-9-19-50(54)51-20-10-12-22-55(51)61/h1-38H. The van der Waals surface area contributed by atoms with Crippen LogP contribution >= 0.6 is 0 Å². The predicted octanol–water partition coefficient (Wildman–Crippen LogP) is 15.5. The van der Waals surface area contributed by atoms with Crippen LogP contribution in [0.2, 0.25) is 0 Å². The van der Waals surface area contributed by atoms with E-state index in [9.17, 15) is 0 Å². The van der Waals surface area contributed by atoms with E-state index in [4.69, 9.17) is 9.97 Å². The van der Waals surface area contributed by atoms with Gasteiger partial charge in [-0.3, -0.25) is 0 Å². The summed E-state index contributed by atoms with van der Waals surface area (Å²) in [5, 5.41) is 5.06. The van der Waals surface area contributed by atoms with E-state index in [-0.39, 0.29) is 0 Å². The molecule has 2 aliphatic carbocycles. The highest BCUT2D eigenvalue weighted by molar-refractivity contribution is 6.06. The Balaban J connectivity index is 0.917. The zero-order valence-electron chi connectivity index (χ0n) is 34.3. The Hall–Kier alpha value is -8.20. The molecule has 0 N–H and O–H groups in total. The third-order valence-corrected chi connectivity index (χ3v) is 13.5. The lowest BCUT2D eigenvalue weighted by Crippen LogP contribution is -2.26. The molecule has 0 bridgehead atoms. The van der Waals surface area contributed by atoms with Crippen molar-refractivity contribution in [3.8, 4) is 78.4 Å². The summed E-state index contributed by atoms with van der Waals surface area (Å²) in [5.41, 5.74) is 19.9. The van der Waals surface area contributed by atoms with E-state index in [0.29, 0.717) is 5.82 Å². The van der Waals surface area contributed by atoms with Crippen LogP contribution in [-0.2, 0) is 5.41 Å². The lowest BCUT2D eigenvalue weighted by Gasteiger charge is -2.31. The Bertz CT molecular complexity index is 3540. The SMILES string of the molecule is c1ccc(-c2ccc(-c3cc(-c4ccc(-c5ccc6cc7c(cc6c5)C5(c6ccccc6-c6ccccc65)c5c-7ccc6ccccc56)cc4)nc(-c4ccccc4)n3)cc2)cc1. The molecule has 0 fully saturated rings. The van der Waals surface area contributed by atoms with Gasteiger partial charge in [-0.05, 0) is 113 Å². The second-order valence-corrected chi connectivity index (χ2v) is 16.9. The molecule has 0 saturated carbocycles. The minimum absolute atomic E-state index is 0.427. The van der Waals surface area contributed by atoms with Gasteiger partial charge in [0.1, 0.15) is 0 Å². The first-order valence-corrected chi connectivity index (χ1v) is 21.7. The van der Waals surface area contributed by atoms with Crippen LogP contribution in [0.3, 0.4) is 0 Å². The number of nitrogens with zero attached hydrogens (tertiary/aromatic N) is 2. The maximum atomic E-state index is 5.13. The van der Waals surface area contributed by atoms with E-state index < -0.39 is 5.41 Å². The fourth-order valence-electron chi connectivity index (χ4n) is 10.6. The summed E-state index contributed by atoms with van der Waals surface area (Å²) in [5.74, 6) is 0.710. The quantitative estimate of drug-likeness (QED) is 0.173. The third kappa shape index (κ3) is 5.45. The van der Waals surface area contributed by atoms with Gasteiger partial charge in [0.05, 0.1) is 16.8 Å². The first kappa shape index (κ1) is 35.5. The topological polar surface area (TPSA) is 25.8 Å². The molecule has 0 amide bonds. The Morgan fingerprint density at radius 3 is 1.44 bits per heavy atom. The van der Waals surface area contributed by atoms with Crippen molar-refractivity contribution >= 4 is 21.5 Å². The van der Waals surface area contributed by atoms with Crippen LogP contribution < -0.4 is 0 Å². The number of aromatic nitrogens is 2. The van der Waals surface area contributed by atoms with Crippen LogP contribution in [0.25, 0.3) is 100.0 Å². The van der Waals surface area contributed by atoms with Crippen molar-refractivity contribution in [1.29, 1.82) is 0 Å². The van der Waals surface area contributed by atoms with Crippen molar-refractivity contribution < 1.29 is 0 Å². The highest BCUT2D eigenvalue weighted by Crippen LogP contribution is 2.64. The fourth-order valence-corrected chi connectivity index (χ4v) is 10.6. The van der Waals surface area contributed by atoms with Crippen molar-refractivity contribution in [2.75, 3.05) is 0 Å². The van der Waals surface area contributed by atoms with E-state index >= 15 is 0 Å². The van der Waals surface area contributed by atoms with Crippen LogP contribution in [0.4, 0.5) is 0 Å².